The van der Waals surface area contributed by atoms with Crippen molar-refractivity contribution in [2.24, 2.45) is 5.73 Å². The van der Waals surface area contributed by atoms with Crippen molar-refractivity contribution in [3.63, 3.8) is 0 Å². The van der Waals surface area contributed by atoms with Gasteiger partial charge in [0, 0.05) is 18.0 Å². The second-order valence-electron chi connectivity index (χ2n) is 3.18. The molecule has 0 saturated carbocycles. The first kappa shape index (κ1) is 10.2. The molecule has 16 heavy (non-hydrogen) atoms. The van der Waals surface area contributed by atoms with Crippen LogP contribution in [0.25, 0.3) is 0 Å². The fourth-order valence-corrected chi connectivity index (χ4v) is 1.26. The largest absolute Gasteiger partial charge is 0.457 e. The molecular formula is C12H10N2O2. The maximum Gasteiger partial charge on any atom is 0.248 e. The van der Waals surface area contributed by atoms with E-state index in [0.717, 1.165) is 0 Å². The van der Waals surface area contributed by atoms with Crippen LogP contribution in [0.2, 0.25) is 0 Å². The van der Waals surface area contributed by atoms with Crippen molar-refractivity contribution in [2.75, 3.05) is 0 Å². The molecule has 0 atom stereocenters. The van der Waals surface area contributed by atoms with Gasteiger partial charge in [-0.25, -0.2) is 0 Å². The minimum Gasteiger partial charge on any atom is -0.457 e. The number of benzene rings is 1. The number of aromatic nitrogens is 1. The van der Waals surface area contributed by atoms with Crippen LogP contribution in [0.3, 0.4) is 0 Å². The first-order valence-corrected chi connectivity index (χ1v) is 4.73. The number of hydrogen-bond donors (Lipinski definition) is 1. The summed E-state index contributed by atoms with van der Waals surface area (Å²) in [6.07, 6.45) is 3.26. The number of carbonyl (C=O) groups excluding carboxylic acids is 1. The fraction of sp³-hybridized carbons (Fsp3) is 0. The van der Waals surface area contributed by atoms with E-state index >= 15 is 0 Å². The number of hydrogen-bond acceptors (Lipinski definition) is 3. The second kappa shape index (κ2) is 4.44. The van der Waals surface area contributed by atoms with Gasteiger partial charge in [-0.05, 0) is 30.3 Å². The highest BCUT2D eigenvalue weighted by molar-refractivity contribution is 5.93. The van der Waals surface area contributed by atoms with E-state index in [0.29, 0.717) is 17.1 Å². The van der Waals surface area contributed by atoms with Crippen molar-refractivity contribution >= 4 is 5.91 Å². The molecule has 0 fully saturated rings. The lowest BCUT2D eigenvalue weighted by molar-refractivity contribution is 0.1000. The number of nitrogens with zero attached hydrogens (tertiary/aromatic N) is 1. The average Bonchev–Trinajstić information content (AvgIpc) is 2.30. The Hall–Kier alpha value is -2.36. The number of rotatable bonds is 3. The highest BCUT2D eigenvalue weighted by Crippen LogP contribution is 2.20. The predicted octanol–water partition coefficient (Wildman–Crippen LogP) is 1.97. The van der Waals surface area contributed by atoms with E-state index in [1.54, 1.807) is 48.8 Å². The summed E-state index contributed by atoms with van der Waals surface area (Å²) in [5.41, 5.74) is 5.59. The van der Waals surface area contributed by atoms with Crippen LogP contribution in [0.1, 0.15) is 10.4 Å². The molecule has 2 aromatic rings. The highest BCUT2D eigenvalue weighted by atomic mass is 16.5. The van der Waals surface area contributed by atoms with E-state index in [1.807, 2.05) is 0 Å². The maximum atomic E-state index is 11.0. The topological polar surface area (TPSA) is 65.2 Å². The van der Waals surface area contributed by atoms with E-state index in [1.165, 1.54) is 0 Å². The van der Waals surface area contributed by atoms with Gasteiger partial charge in [-0.3, -0.25) is 9.78 Å². The Bertz CT molecular complexity index is 497. The molecule has 0 unspecified atom stereocenters. The van der Waals surface area contributed by atoms with Gasteiger partial charge in [-0.15, -0.1) is 0 Å². The summed E-state index contributed by atoms with van der Waals surface area (Å²) in [6.45, 7) is 0. The van der Waals surface area contributed by atoms with Gasteiger partial charge in [-0.2, -0.15) is 0 Å². The molecule has 2 N–H and O–H groups in total. The van der Waals surface area contributed by atoms with Crippen molar-refractivity contribution < 1.29 is 9.53 Å². The van der Waals surface area contributed by atoms with E-state index in [-0.39, 0.29) is 0 Å². The van der Waals surface area contributed by atoms with Crippen LogP contribution < -0.4 is 10.5 Å². The molecule has 1 heterocycles. The maximum absolute atomic E-state index is 11.0. The molecule has 4 nitrogen and oxygen atoms in total. The van der Waals surface area contributed by atoms with Gasteiger partial charge in [0.1, 0.15) is 11.5 Å². The summed E-state index contributed by atoms with van der Waals surface area (Å²) in [5, 5.41) is 0. The van der Waals surface area contributed by atoms with Crippen LogP contribution in [0.4, 0.5) is 0 Å². The number of amides is 1. The van der Waals surface area contributed by atoms with E-state index in [4.69, 9.17) is 10.5 Å². The molecule has 0 bridgehead atoms. The molecule has 0 aliphatic rings. The minimum absolute atomic E-state index is 0.423. The molecule has 1 amide bonds. The zero-order chi connectivity index (χ0) is 11.4. The summed E-state index contributed by atoms with van der Waals surface area (Å²) >= 11 is 0. The standard InChI is InChI=1S/C12H10N2O2/c13-12(15)9-2-1-3-11(8-9)16-10-4-6-14-7-5-10/h1-8H,(H2,13,15). The summed E-state index contributed by atoms with van der Waals surface area (Å²) in [4.78, 5) is 14.8. The number of ether oxygens (including phenoxy) is 1. The third kappa shape index (κ3) is 2.36. The van der Waals surface area contributed by atoms with Crippen LogP contribution in [0.5, 0.6) is 11.5 Å². The molecule has 2 rings (SSSR count). The van der Waals surface area contributed by atoms with Crippen molar-refractivity contribution in [2.45, 2.75) is 0 Å². The molecule has 80 valence electrons. The molecular weight excluding hydrogens is 204 g/mol. The third-order valence-electron chi connectivity index (χ3n) is 2.00. The van der Waals surface area contributed by atoms with E-state index in [9.17, 15) is 4.79 Å². The van der Waals surface area contributed by atoms with Gasteiger partial charge in [0.2, 0.25) is 5.91 Å². The highest BCUT2D eigenvalue weighted by Gasteiger charge is 2.02. The predicted molar refractivity (Wildman–Crippen MR) is 59.3 cm³/mol. The van der Waals surface area contributed by atoms with E-state index < -0.39 is 5.91 Å². The first-order chi connectivity index (χ1) is 7.75. The summed E-state index contributed by atoms with van der Waals surface area (Å²) in [6, 6.07) is 10.2. The fourth-order valence-electron chi connectivity index (χ4n) is 1.26. The van der Waals surface area contributed by atoms with Gasteiger partial charge >= 0.3 is 0 Å². The monoisotopic (exact) mass is 214 g/mol. The lowest BCUT2D eigenvalue weighted by atomic mass is 10.2. The molecule has 0 radical (unpaired) electrons. The Balaban J connectivity index is 2.22. The third-order valence-corrected chi connectivity index (χ3v) is 2.00. The Kier molecular flexibility index (Phi) is 2.82. The van der Waals surface area contributed by atoms with Gasteiger partial charge in [0.15, 0.2) is 0 Å². The Morgan fingerprint density at radius 3 is 2.56 bits per heavy atom. The number of pyridine rings is 1. The first-order valence-electron chi connectivity index (χ1n) is 4.73. The zero-order valence-electron chi connectivity index (χ0n) is 8.46. The number of carbonyl (C=O) groups is 1. The van der Waals surface area contributed by atoms with Crippen LogP contribution in [-0.4, -0.2) is 10.9 Å². The summed E-state index contributed by atoms with van der Waals surface area (Å²) in [5.74, 6) is 0.763. The zero-order valence-corrected chi connectivity index (χ0v) is 8.46. The number of nitrogens with two attached hydrogens (primary N) is 1. The quantitative estimate of drug-likeness (QED) is 0.849. The summed E-state index contributed by atoms with van der Waals surface area (Å²) < 4.78 is 5.52. The Morgan fingerprint density at radius 1 is 1.12 bits per heavy atom. The summed E-state index contributed by atoms with van der Waals surface area (Å²) in [7, 11) is 0. The second-order valence-corrected chi connectivity index (χ2v) is 3.18. The molecule has 0 spiro atoms. The van der Waals surface area contributed by atoms with Crippen molar-refractivity contribution in [1.82, 2.24) is 4.98 Å². The van der Waals surface area contributed by atoms with Crippen molar-refractivity contribution in [3.05, 3.63) is 54.4 Å². The lowest BCUT2D eigenvalue weighted by Crippen LogP contribution is -2.10. The number of primary amides is 1. The normalized spacial score (nSPS) is 9.75. The minimum atomic E-state index is -0.472. The van der Waals surface area contributed by atoms with Gasteiger partial charge in [-0.1, -0.05) is 6.07 Å². The van der Waals surface area contributed by atoms with Crippen LogP contribution >= 0.6 is 0 Å². The Morgan fingerprint density at radius 2 is 1.88 bits per heavy atom. The van der Waals surface area contributed by atoms with E-state index in [2.05, 4.69) is 4.98 Å². The molecule has 1 aromatic carbocycles. The smallest absolute Gasteiger partial charge is 0.248 e. The lowest BCUT2D eigenvalue weighted by Gasteiger charge is -2.05. The molecule has 0 aliphatic heterocycles. The molecule has 4 heteroatoms. The van der Waals surface area contributed by atoms with Gasteiger partial charge < -0.3 is 10.5 Å². The Labute approximate surface area is 92.7 Å². The molecule has 0 aliphatic carbocycles. The van der Waals surface area contributed by atoms with Crippen LogP contribution in [-0.2, 0) is 0 Å². The van der Waals surface area contributed by atoms with Crippen LogP contribution in [0, 0.1) is 0 Å². The van der Waals surface area contributed by atoms with Crippen LogP contribution in [0.15, 0.2) is 48.8 Å². The van der Waals surface area contributed by atoms with Crippen molar-refractivity contribution in [1.29, 1.82) is 0 Å². The molecule has 0 saturated heterocycles. The van der Waals surface area contributed by atoms with Gasteiger partial charge in [0.25, 0.3) is 0 Å². The molecule has 1 aromatic heterocycles. The SMILES string of the molecule is NC(=O)c1cccc(Oc2ccncc2)c1. The van der Waals surface area contributed by atoms with Crippen molar-refractivity contribution in [3.8, 4) is 11.5 Å². The average molecular weight is 214 g/mol. The van der Waals surface area contributed by atoms with Gasteiger partial charge in [0.05, 0.1) is 0 Å².